The zero-order valence-corrected chi connectivity index (χ0v) is 10.8. The molecule has 0 aromatic carbocycles. The molecule has 0 bridgehead atoms. The monoisotopic (exact) mass is 251 g/mol. The number of hydrogen-bond acceptors (Lipinski definition) is 3. The molecule has 2 heterocycles. The lowest BCUT2D eigenvalue weighted by molar-refractivity contribution is 0.0535. The van der Waals surface area contributed by atoms with E-state index in [9.17, 15) is 4.79 Å². The molecular formula is C13H17NO2S. The highest BCUT2D eigenvalue weighted by molar-refractivity contribution is 7.13. The molecule has 1 saturated carbocycles. The van der Waals surface area contributed by atoms with Gasteiger partial charge in [0.2, 0.25) is 0 Å². The molecule has 4 heteroatoms. The first-order valence-corrected chi connectivity index (χ1v) is 6.96. The third-order valence-electron chi connectivity index (χ3n) is 3.95. The van der Waals surface area contributed by atoms with Gasteiger partial charge in [-0.25, -0.2) is 0 Å². The first-order chi connectivity index (χ1) is 8.20. The molecule has 17 heavy (non-hydrogen) atoms. The average Bonchev–Trinajstić information content (AvgIpc) is 2.77. The topological polar surface area (TPSA) is 38.3 Å². The molecule has 0 radical (unpaired) electrons. The summed E-state index contributed by atoms with van der Waals surface area (Å²) in [4.78, 5) is 14.0. The van der Waals surface area contributed by atoms with Crippen LogP contribution in [0.1, 0.15) is 33.8 Å². The largest absolute Gasteiger partial charge is 0.381 e. The van der Waals surface area contributed by atoms with E-state index in [1.54, 1.807) is 11.3 Å². The highest BCUT2D eigenvalue weighted by Crippen LogP contribution is 2.53. The Labute approximate surface area is 105 Å². The van der Waals surface area contributed by atoms with E-state index >= 15 is 0 Å². The summed E-state index contributed by atoms with van der Waals surface area (Å²) in [6, 6.07) is 4.28. The average molecular weight is 251 g/mol. The number of amides is 1. The van der Waals surface area contributed by atoms with Gasteiger partial charge in [-0.2, -0.15) is 0 Å². The van der Waals surface area contributed by atoms with E-state index < -0.39 is 0 Å². The van der Waals surface area contributed by atoms with Gasteiger partial charge in [0.05, 0.1) is 4.88 Å². The van der Waals surface area contributed by atoms with Crippen molar-refractivity contribution in [2.24, 2.45) is 5.41 Å². The van der Waals surface area contributed by atoms with Gasteiger partial charge in [-0.1, -0.05) is 0 Å². The van der Waals surface area contributed by atoms with Gasteiger partial charge in [0.25, 0.3) is 5.91 Å². The lowest BCUT2D eigenvalue weighted by Gasteiger charge is -2.22. The van der Waals surface area contributed by atoms with Crippen LogP contribution in [-0.2, 0) is 4.74 Å². The summed E-state index contributed by atoms with van der Waals surface area (Å²) in [6.07, 6.45) is 3.33. The molecule has 1 aliphatic heterocycles. The second-order valence-corrected chi connectivity index (χ2v) is 6.40. The number of carbonyl (C=O) groups is 1. The molecule has 1 aliphatic carbocycles. The van der Waals surface area contributed by atoms with Gasteiger partial charge in [0.15, 0.2) is 0 Å². The lowest BCUT2D eigenvalue weighted by atomic mass is 9.96. The SMILES string of the molecule is Cc1ccc(C(=O)NC2CC23CCOCC3)s1. The molecule has 1 unspecified atom stereocenters. The first kappa shape index (κ1) is 11.2. The zero-order valence-electron chi connectivity index (χ0n) is 9.99. The van der Waals surface area contributed by atoms with Crippen molar-refractivity contribution in [2.45, 2.75) is 32.2 Å². The maximum Gasteiger partial charge on any atom is 0.261 e. The number of thiophene rings is 1. The summed E-state index contributed by atoms with van der Waals surface area (Å²) >= 11 is 1.56. The molecule has 2 fully saturated rings. The van der Waals surface area contributed by atoms with Gasteiger partial charge in [-0.15, -0.1) is 11.3 Å². The molecule has 1 aromatic heterocycles. The Kier molecular flexibility index (Phi) is 2.71. The number of carbonyl (C=O) groups excluding carboxylic acids is 1. The van der Waals surface area contributed by atoms with Crippen LogP contribution in [0, 0.1) is 12.3 Å². The number of hydrogen-bond donors (Lipinski definition) is 1. The van der Waals surface area contributed by atoms with Crippen molar-refractivity contribution in [3.63, 3.8) is 0 Å². The van der Waals surface area contributed by atoms with Crippen molar-refractivity contribution in [1.82, 2.24) is 5.32 Å². The fraction of sp³-hybridized carbons (Fsp3) is 0.615. The second kappa shape index (κ2) is 4.10. The molecule has 2 aliphatic rings. The summed E-state index contributed by atoms with van der Waals surface area (Å²) in [7, 11) is 0. The Balaban J connectivity index is 1.60. The van der Waals surface area contributed by atoms with E-state index in [0.717, 1.165) is 37.4 Å². The predicted molar refractivity (Wildman–Crippen MR) is 67.4 cm³/mol. The van der Waals surface area contributed by atoms with Crippen molar-refractivity contribution in [1.29, 1.82) is 0 Å². The van der Waals surface area contributed by atoms with Crippen LogP contribution in [0.5, 0.6) is 0 Å². The van der Waals surface area contributed by atoms with Gasteiger partial charge in [-0.05, 0) is 43.7 Å². The van der Waals surface area contributed by atoms with E-state index in [4.69, 9.17) is 4.74 Å². The first-order valence-electron chi connectivity index (χ1n) is 6.15. The van der Waals surface area contributed by atoms with Crippen LogP contribution < -0.4 is 5.32 Å². The summed E-state index contributed by atoms with van der Waals surface area (Å²) in [6.45, 7) is 3.73. The molecule has 1 saturated heterocycles. The molecule has 3 rings (SSSR count). The molecule has 1 spiro atoms. The van der Waals surface area contributed by atoms with E-state index in [1.165, 1.54) is 4.88 Å². The van der Waals surface area contributed by atoms with Crippen LogP contribution in [0.2, 0.25) is 0 Å². The summed E-state index contributed by atoms with van der Waals surface area (Å²) < 4.78 is 5.38. The van der Waals surface area contributed by atoms with Crippen LogP contribution in [0.15, 0.2) is 12.1 Å². The molecule has 92 valence electrons. The minimum atomic E-state index is 0.0940. The van der Waals surface area contributed by atoms with E-state index in [1.807, 2.05) is 19.1 Å². The highest BCUT2D eigenvalue weighted by Gasteiger charge is 2.55. The van der Waals surface area contributed by atoms with Crippen LogP contribution >= 0.6 is 11.3 Å². The Bertz CT molecular complexity index is 434. The van der Waals surface area contributed by atoms with Crippen LogP contribution in [-0.4, -0.2) is 25.2 Å². The maximum absolute atomic E-state index is 12.0. The van der Waals surface area contributed by atoms with Crippen LogP contribution in [0.3, 0.4) is 0 Å². The number of nitrogens with one attached hydrogen (secondary N) is 1. The van der Waals surface area contributed by atoms with Crippen LogP contribution in [0.4, 0.5) is 0 Å². The Morgan fingerprint density at radius 3 is 2.88 bits per heavy atom. The Morgan fingerprint density at radius 2 is 2.24 bits per heavy atom. The third kappa shape index (κ3) is 2.11. The van der Waals surface area contributed by atoms with Gasteiger partial charge < -0.3 is 10.1 Å². The number of rotatable bonds is 2. The predicted octanol–water partition coefficient (Wildman–Crippen LogP) is 2.36. The minimum absolute atomic E-state index is 0.0940. The lowest BCUT2D eigenvalue weighted by Crippen LogP contribution is -2.31. The Hall–Kier alpha value is -0.870. The maximum atomic E-state index is 12.0. The molecular weight excluding hydrogens is 234 g/mol. The van der Waals surface area contributed by atoms with Crippen molar-refractivity contribution in [2.75, 3.05) is 13.2 Å². The van der Waals surface area contributed by atoms with Crippen molar-refractivity contribution < 1.29 is 9.53 Å². The minimum Gasteiger partial charge on any atom is -0.381 e. The van der Waals surface area contributed by atoms with E-state index in [0.29, 0.717) is 11.5 Å². The summed E-state index contributed by atoms with van der Waals surface area (Å²) in [5.41, 5.74) is 0.361. The fourth-order valence-electron chi connectivity index (χ4n) is 2.67. The summed E-state index contributed by atoms with van der Waals surface area (Å²) in [5, 5.41) is 3.16. The zero-order chi connectivity index (χ0) is 11.9. The van der Waals surface area contributed by atoms with Gasteiger partial charge in [0.1, 0.15) is 0 Å². The normalized spacial score (nSPS) is 25.8. The third-order valence-corrected chi connectivity index (χ3v) is 4.95. The summed E-state index contributed by atoms with van der Waals surface area (Å²) in [5.74, 6) is 0.0940. The van der Waals surface area contributed by atoms with Gasteiger partial charge >= 0.3 is 0 Å². The molecule has 1 atom stereocenters. The number of ether oxygens (including phenoxy) is 1. The molecule has 1 amide bonds. The van der Waals surface area contributed by atoms with Gasteiger partial charge in [0, 0.05) is 24.1 Å². The fourth-order valence-corrected chi connectivity index (χ4v) is 3.44. The molecule has 1 N–H and O–H groups in total. The standard InChI is InChI=1S/C13H17NO2S/c1-9-2-3-10(17-9)12(15)14-11-8-13(11)4-6-16-7-5-13/h2-3,11H,4-8H2,1H3,(H,14,15). The second-order valence-electron chi connectivity index (χ2n) is 5.12. The molecule has 3 nitrogen and oxygen atoms in total. The van der Waals surface area contributed by atoms with Crippen molar-refractivity contribution >= 4 is 17.2 Å². The van der Waals surface area contributed by atoms with Crippen LogP contribution in [0.25, 0.3) is 0 Å². The van der Waals surface area contributed by atoms with Gasteiger partial charge in [-0.3, -0.25) is 4.79 Å². The van der Waals surface area contributed by atoms with E-state index in [-0.39, 0.29) is 5.91 Å². The quantitative estimate of drug-likeness (QED) is 0.876. The highest BCUT2D eigenvalue weighted by atomic mass is 32.1. The van der Waals surface area contributed by atoms with Crippen molar-refractivity contribution in [3.8, 4) is 0 Å². The number of aryl methyl sites for hydroxylation is 1. The van der Waals surface area contributed by atoms with E-state index in [2.05, 4.69) is 5.32 Å². The smallest absolute Gasteiger partial charge is 0.261 e. The Morgan fingerprint density at radius 1 is 1.47 bits per heavy atom. The molecule has 1 aromatic rings. The van der Waals surface area contributed by atoms with Crippen molar-refractivity contribution in [3.05, 3.63) is 21.9 Å².